The van der Waals surface area contributed by atoms with E-state index in [0.717, 1.165) is 42.9 Å². The van der Waals surface area contributed by atoms with Crippen LogP contribution in [0.4, 0.5) is 10.7 Å². The molecule has 2 heterocycles. The third-order valence-electron chi connectivity index (χ3n) is 3.82. The van der Waals surface area contributed by atoms with Crippen LogP contribution >= 0.6 is 0 Å². The van der Waals surface area contributed by atoms with Crippen molar-refractivity contribution in [3.05, 3.63) is 24.3 Å². The van der Waals surface area contributed by atoms with E-state index in [0.29, 0.717) is 0 Å². The lowest BCUT2D eigenvalue weighted by atomic mass is 10.1. The Bertz CT molecular complexity index is 656. The molecule has 0 spiro atoms. The molecule has 2 aromatic rings. The fourth-order valence-electron chi connectivity index (χ4n) is 2.85. The molecule has 1 aliphatic rings. The van der Waals surface area contributed by atoms with Gasteiger partial charge >= 0.3 is 6.09 Å². The minimum atomic E-state index is -0.475. The third-order valence-corrected chi connectivity index (χ3v) is 3.82. The van der Waals surface area contributed by atoms with Crippen LogP contribution in [0.15, 0.2) is 24.3 Å². The SMILES string of the molecule is CC(C)(C)OC(=O)N[C@H]1CCCN(c2nc3ccccc3[nH]2)C1. The number of rotatable bonds is 2. The zero-order chi connectivity index (χ0) is 16.4. The number of amides is 1. The summed E-state index contributed by atoms with van der Waals surface area (Å²) in [6.45, 7) is 7.28. The number of carbonyl (C=O) groups is 1. The van der Waals surface area contributed by atoms with Crippen molar-refractivity contribution in [3.8, 4) is 0 Å². The first-order valence-electron chi connectivity index (χ1n) is 8.10. The molecule has 1 fully saturated rings. The van der Waals surface area contributed by atoms with Gasteiger partial charge in [-0.1, -0.05) is 12.1 Å². The Morgan fingerprint density at radius 3 is 2.91 bits per heavy atom. The molecule has 23 heavy (non-hydrogen) atoms. The number of para-hydroxylation sites is 2. The Kier molecular flexibility index (Phi) is 4.15. The van der Waals surface area contributed by atoms with Crippen LogP contribution < -0.4 is 10.2 Å². The number of imidazole rings is 1. The molecule has 0 bridgehead atoms. The summed E-state index contributed by atoms with van der Waals surface area (Å²) in [7, 11) is 0. The van der Waals surface area contributed by atoms with Crippen molar-refractivity contribution in [2.45, 2.75) is 45.3 Å². The van der Waals surface area contributed by atoms with Crippen molar-refractivity contribution in [1.82, 2.24) is 15.3 Å². The van der Waals surface area contributed by atoms with Crippen molar-refractivity contribution in [2.75, 3.05) is 18.0 Å². The molecule has 0 radical (unpaired) electrons. The topological polar surface area (TPSA) is 70.2 Å². The largest absolute Gasteiger partial charge is 0.444 e. The summed E-state index contributed by atoms with van der Waals surface area (Å²) in [6, 6.07) is 8.07. The number of benzene rings is 1. The second kappa shape index (κ2) is 6.10. The maximum absolute atomic E-state index is 11.9. The van der Waals surface area contributed by atoms with Gasteiger partial charge in [0.2, 0.25) is 5.95 Å². The summed E-state index contributed by atoms with van der Waals surface area (Å²) in [5, 5.41) is 2.96. The molecular formula is C17H24N4O2. The molecule has 124 valence electrons. The van der Waals surface area contributed by atoms with Gasteiger partial charge < -0.3 is 19.9 Å². The minimum Gasteiger partial charge on any atom is -0.444 e. The quantitative estimate of drug-likeness (QED) is 0.893. The smallest absolute Gasteiger partial charge is 0.407 e. The summed E-state index contributed by atoms with van der Waals surface area (Å²) < 4.78 is 5.34. The van der Waals surface area contributed by atoms with Gasteiger partial charge in [-0.15, -0.1) is 0 Å². The summed E-state index contributed by atoms with van der Waals surface area (Å²) in [5.41, 5.74) is 1.52. The van der Waals surface area contributed by atoms with Crippen molar-refractivity contribution in [3.63, 3.8) is 0 Å². The Balaban J connectivity index is 1.65. The number of piperidine rings is 1. The Labute approximate surface area is 136 Å². The molecule has 1 aromatic heterocycles. The van der Waals surface area contributed by atoms with Crippen LogP contribution in [0, 0.1) is 0 Å². The molecule has 0 aliphatic carbocycles. The fraction of sp³-hybridized carbons (Fsp3) is 0.529. The van der Waals surface area contributed by atoms with Gasteiger partial charge in [0.1, 0.15) is 5.60 Å². The number of fused-ring (bicyclic) bond motifs is 1. The molecule has 1 atom stereocenters. The van der Waals surface area contributed by atoms with E-state index in [2.05, 4.69) is 20.2 Å². The van der Waals surface area contributed by atoms with Gasteiger partial charge in [-0.05, 0) is 45.7 Å². The maximum atomic E-state index is 11.9. The monoisotopic (exact) mass is 316 g/mol. The predicted octanol–water partition coefficient (Wildman–Crippen LogP) is 3.06. The first-order valence-corrected chi connectivity index (χ1v) is 8.10. The summed E-state index contributed by atoms with van der Waals surface area (Å²) in [4.78, 5) is 22.1. The van der Waals surface area contributed by atoms with Gasteiger partial charge in [0.05, 0.1) is 11.0 Å². The lowest BCUT2D eigenvalue weighted by Gasteiger charge is -2.33. The molecule has 3 rings (SSSR count). The van der Waals surface area contributed by atoms with Crippen LogP contribution in [-0.4, -0.2) is 40.8 Å². The van der Waals surface area contributed by atoms with Gasteiger partial charge in [-0.3, -0.25) is 0 Å². The Morgan fingerprint density at radius 1 is 1.39 bits per heavy atom. The van der Waals surface area contributed by atoms with Gasteiger partial charge in [-0.25, -0.2) is 9.78 Å². The number of hydrogen-bond donors (Lipinski definition) is 2. The van der Waals surface area contributed by atoms with Crippen LogP contribution in [0.5, 0.6) is 0 Å². The highest BCUT2D eigenvalue weighted by molar-refractivity contribution is 5.77. The van der Waals surface area contributed by atoms with Crippen molar-refractivity contribution < 1.29 is 9.53 Å². The van der Waals surface area contributed by atoms with E-state index in [4.69, 9.17) is 4.74 Å². The molecular weight excluding hydrogens is 292 g/mol. The molecule has 1 saturated heterocycles. The van der Waals surface area contributed by atoms with Crippen LogP contribution in [0.3, 0.4) is 0 Å². The number of H-pyrrole nitrogens is 1. The first-order chi connectivity index (χ1) is 10.9. The lowest BCUT2D eigenvalue weighted by Crippen LogP contribution is -2.49. The van der Waals surface area contributed by atoms with Gasteiger partial charge in [0.15, 0.2) is 0 Å². The average Bonchev–Trinajstić information content (AvgIpc) is 2.89. The van der Waals surface area contributed by atoms with Crippen LogP contribution in [0.25, 0.3) is 11.0 Å². The number of ether oxygens (including phenoxy) is 1. The summed E-state index contributed by atoms with van der Waals surface area (Å²) in [6.07, 6.45) is 1.61. The van der Waals surface area contributed by atoms with Crippen molar-refractivity contribution in [1.29, 1.82) is 0 Å². The maximum Gasteiger partial charge on any atom is 0.407 e. The standard InChI is InChI=1S/C17H24N4O2/c1-17(2,3)23-16(22)18-12-7-6-10-21(11-12)15-19-13-8-4-5-9-14(13)20-15/h4-5,8-9,12H,6-7,10-11H2,1-3H3,(H,18,22)(H,19,20)/t12-/m0/s1. The second-order valence-electron chi connectivity index (χ2n) is 7.01. The number of carbonyl (C=O) groups excluding carboxylic acids is 1. The van der Waals surface area contributed by atoms with E-state index in [9.17, 15) is 4.79 Å². The molecule has 6 nitrogen and oxygen atoms in total. The van der Waals surface area contributed by atoms with Crippen molar-refractivity contribution >= 4 is 23.1 Å². The number of aromatic nitrogens is 2. The number of alkyl carbamates (subject to hydrolysis) is 1. The summed E-state index contributed by atoms with van der Waals surface area (Å²) >= 11 is 0. The highest BCUT2D eigenvalue weighted by atomic mass is 16.6. The highest BCUT2D eigenvalue weighted by Gasteiger charge is 2.25. The van der Waals surface area contributed by atoms with Crippen LogP contribution in [0.1, 0.15) is 33.6 Å². The van der Waals surface area contributed by atoms with E-state index < -0.39 is 5.60 Å². The Hall–Kier alpha value is -2.24. The lowest BCUT2D eigenvalue weighted by molar-refractivity contribution is 0.0500. The number of aromatic amines is 1. The van der Waals surface area contributed by atoms with E-state index >= 15 is 0 Å². The fourth-order valence-corrected chi connectivity index (χ4v) is 2.85. The first kappa shape index (κ1) is 15.6. The molecule has 1 aliphatic heterocycles. The van der Waals surface area contributed by atoms with E-state index in [1.807, 2.05) is 45.0 Å². The van der Waals surface area contributed by atoms with E-state index in [1.165, 1.54) is 0 Å². The minimum absolute atomic E-state index is 0.0758. The summed E-state index contributed by atoms with van der Waals surface area (Å²) in [5.74, 6) is 0.863. The van der Waals surface area contributed by atoms with Crippen LogP contribution in [0.2, 0.25) is 0 Å². The number of hydrogen-bond acceptors (Lipinski definition) is 4. The molecule has 0 unspecified atom stereocenters. The van der Waals surface area contributed by atoms with Gasteiger partial charge in [0, 0.05) is 19.1 Å². The molecule has 6 heteroatoms. The third kappa shape index (κ3) is 3.94. The number of nitrogens with zero attached hydrogens (tertiary/aromatic N) is 2. The predicted molar refractivity (Wildman–Crippen MR) is 90.7 cm³/mol. The molecule has 0 saturated carbocycles. The zero-order valence-electron chi connectivity index (χ0n) is 13.9. The van der Waals surface area contributed by atoms with E-state index in [1.54, 1.807) is 0 Å². The molecule has 1 amide bonds. The second-order valence-corrected chi connectivity index (χ2v) is 7.01. The average molecular weight is 316 g/mol. The molecule has 2 N–H and O–H groups in total. The normalized spacial score (nSPS) is 18.9. The van der Waals surface area contributed by atoms with Crippen LogP contribution in [-0.2, 0) is 4.74 Å². The number of nitrogens with one attached hydrogen (secondary N) is 2. The van der Waals surface area contributed by atoms with Gasteiger partial charge in [-0.2, -0.15) is 0 Å². The highest BCUT2D eigenvalue weighted by Crippen LogP contribution is 2.21. The van der Waals surface area contributed by atoms with E-state index in [-0.39, 0.29) is 12.1 Å². The zero-order valence-corrected chi connectivity index (χ0v) is 13.9. The van der Waals surface area contributed by atoms with Gasteiger partial charge in [0.25, 0.3) is 0 Å². The Morgan fingerprint density at radius 2 is 2.17 bits per heavy atom. The van der Waals surface area contributed by atoms with Crippen molar-refractivity contribution in [2.24, 2.45) is 0 Å². The molecule has 1 aromatic carbocycles. The number of anilines is 1.